The summed E-state index contributed by atoms with van der Waals surface area (Å²) in [5, 5.41) is 21.3. The Hall–Kier alpha value is -5.01. The van der Waals surface area contributed by atoms with Gasteiger partial charge in [-0.15, -0.1) is 0 Å². The average molecular weight is 521 g/mol. The Bertz CT molecular complexity index is 1450. The first-order chi connectivity index (χ1) is 17.3. The van der Waals surface area contributed by atoms with Gasteiger partial charge in [-0.05, 0) is 35.9 Å². The first-order valence-electron chi connectivity index (χ1n) is 10.1. The molecule has 0 atom stereocenters. The number of benzene rings is 2. The van der Waals surface area contributed by atoms with Crippen molar-refractivity contribution in [2.45, 2.75) is 6.18 Å². The van der Waals surface area contributed by atoms with Crippen LogP contribution in [0.4, 0.5) is 24.7 Å². The van der Waals surface area contributed by atoms with Crippen LogP contribution in [0.3, 0.4) is 0 Å². The third-order valence-electron chi connectivity index (χ3n) is 4.96. The molecule has 194 valence electrons. The highest BCUT2D eigenvalue weighted by molar-refractivity contribution is 6.07. The molecule has 0 aliphatic carbocycles. The molecule has 11 nitrogen and oxygen atoms in total. The number of amides is 1. The molecule has 37 heavy (non-hydrogen) atoms. The number of anilines is 2. The van der Waals surface area contributed by atoms with Crippen molar-refractivity contribution in [3.8, 4) is 22.6 Å². The zero-order valence-corrected chi connectivity index (χ0v) is 18.8. The zero-order chi connectivity index (χ0) is 27.5. The molecule has 0 unspecified atom stereocenters. The summed E-state index contributed by atoms with van der Waals surface area (Å²) in [6.45, 7) is -0.648. The maximum Gasteiger partial charge on any atom is 0.416 e. The van der Waals surface area contributed by atoms with E-state index >= 15 is 0 Å². The summed E-state index contributed by atoms with van der Waals surface area (Å²) in [4.78, 5) is 49.9. The fourth-order valence-corrected chi connectivity index (χ4v) is 3.39. The largest absolute Gasteiger partial charge is 0.493 e. The fraction of sp³-hybridized carbons (Fsp3) is 0.130. The lowest BCUT2D eigenvalue weighted by atomic mass is 9.95. The topological polar surface area (TPSA) is 181 Å². The molecular weight excluding hydrogens is 503 g/mol. The van der Waals surface area contributed by atoms with E-state index in [1.807, 2.05) is 4.98 Å². The Morgan fingerprint density at radius 2 is 1.70 bits per heavy atom. The number of aromatic amines is 1. The third kappa shape index (κ3) is 5.80. The number of carbonyl (C=O) groups is 3. The van der Waals surface area contributed by atoms with Crippen molar-refractivity contribution in [1.29, 1.82) is 0 Å². The molecule has 0 aliphatic rings. The molecule has 6 N–H and O–H groups in total. The first-order valence-corrected chi connectivity index (χ1v) is 10.1. The van der Waals surface area contributed by atoms with Crippen LogP contribution in [-0.4, -0.2) is 46.8 Å². The number of carboxylic acids is 2. The van der Waals surface area contributed by atoms with Crippen molar-refractivity contribution in [3.05, 3.63) is 69.5 Å². The molecule has 0 bridgehead atoms. The number of halogens is 3. The molecule has 3 rings (SSSR count). The molecule has 2 aromatic carbocycles. The zero-order valence-electron chi connectivity index (χ0n) is 18.8. The quantitative estimate of drug-likeness (QED) is 0.298. The lowest BCUT2D eigenvalue weighted by Crippen LogP contribution is -2.24. The second-order valence-corrected chi connectivity index (χ2v) is 7.38. The van der Waals surface area contributed by atoms with Gasteiger partial charge in [0.2, 0.25) is 0 Å². The molecule has 0 aliphatic heterocycles. The minimum Gasteiger partial charge on any atom is -0.493 e. The number of nitrogens with two attached hydrogens (primary N) is 1. The maximum atomic E-state index is 12.9. The molecule has 0 radical (unpaired) electrons. The number of carbonyl (C=O) groups excluding carboxylic acids is 1. The van der Waals surface area contributed by atoms with E-state index in [1.54, 1.807) is 0 Å². The van der Waals surface area contributed by atoms with E-state index in [9.17, 15) is 42.6 Å². The fourth-order valence-electron chi connectivity index (χ4n) is 3.39. The number of aromatic carboxylic acids is 2. The van der Waals surface area contributed by atoms with Gasteiger partial charge >= 0.3 is 18.1 Å². The number of rotatable bonds is 8. The predicted octanol–water partition coefficient (Wildman–Crippen LogP) is 3.07. The first kappa shape index (κ1) is 26.6. The van der Waals surface area contributed by atoms with Crippen LogP contribution in [0.2, 0.25) is 0 Å². The number of nitrogen functional groups attached to an aromatic ring is 1. The molecular formula is C23H18F3N3O8. The predicted molar refractivity (Wildman–Crippen MR) is 123 cm³/mol. The number of carboxylic acid groups (broad SMARTS) is 2. The van der Waals surface area contributed by atoms with Gasteiger partial charge in [0.15, 0.2) is 18.1 Å². The van der Waals surface area contributed by atoms with Gasteiger partial charge in [0, 0.05) is 11.3 Å². The van der Waals surface area contributed by atoms with Crippen molar-refractivity contribution in [2.75, 3.05) is 24.8 Å². The van der Waals surface area contributed by atoms with Crippen LogP contribution in [0.5, 0.6) is 11.5 Å². The maximum absolute atomic E-state index is 12.9. The SMILES string of the molecule is COc1cc(-c2c(C(=O)O)c(N)[nH]c(=O)c2C(=O)O)ccc1OCC(=O)Nc1cccc(C(F)(F)F)c1. The number of ether oxygens (including phenoxy) is 2. The molecule has 14 heteroatoms. The van der Waals surface area contributed by atoms with Gasteiger partial charge in [0.25, 0.3) is 11.5 Å². The second kappa shape index (κ2) is 10.3. The lowest BCUT2D eigenvalue weighted by Gasteiger charge is -2.15. The minimum atomic E-state index is -4.60. The molecule has 1 heterocycles. The van der Waals surface area contributed by atoms with Crippen LogP contribution in [0.25, 0.3) is 11.1 Å². The van der Waals surface area contributed by atoms with Gasteiger partial charge in [-0.25, -0.2) is 9.59 Å². The number of pyridine rings is 1. The van der Waals surface area contributed by atoms with Crippen LogP contribution in [-0.2, 0) is 11.0 Å². The summed E-state index contributed by atoms with van der Waals surface area (Å²) < 4.78 is 49.1. The van der Waals surface area contributed by atoms with Crippen molar-refractivity contribution in [3.63, 3.8) is 0 Å². The number of H-pyrrole nitrogens is 1. The Morgan fingerprint density at radius 3 is 2.30 bits per heavy atom. The summed E-state index contributed by atoms with van der Waals surface area (Å²) in [6.07, 6.45) is -4.60. The van der Waals surface area contributed by atoms with Gasteiger partial charge in [-0.2, -0.15) is 13.2 Å². The van der Waals surface area contributed by atoms with Gasteiger partial charge in [-0.3, -0.25) is 9.59 Å². The smallest absolute Gasteiger partial charge is 0.416 e. The molecule has 1 amide bonds. The van der Waals surface area contributed by atoms with Crippen molar-refractivity contribution in [1.82, 2.24) is 4.98 Å². The van der Waals surface area contributed by atoms with Crippen molar-refractivity contribution < 1.29 is 47.2 Å². The number of nitrogens with one attached hydrogen (secondary N) is 2. The molecule has 0 saturated heterocycles. The molecule has 1 aromatic heterocycles. The van der Waals surface area contributed by atoms with E-state index in [2.05, 4.69) is 5.32 Å². The lowest BCUT2D eigenvalue weighted by molar-refractivity contribution is -0.137. The molecule has 3 aromatic rings. The van der Waals surface area contributed by atoms with E-state index in [1.165, 1.54) is 31.4 Å². The summed E-state index contributed by atoms with van der Waals surface area (Å²) in [5.74, 6) is -4.79. The van der Waals surface area contributed by atoms with Gasteiger partial charge < -0.3 is 35.7 Å². The Kier molecular flexibility index (Phi) is 7.41. The van der Waals surface area contributed by atoms with Crippen LogP contribution in [0.1, 0.15) is 26.3 Å². The normalized spacial score (nSPS) is 11.0. The van der Waals surface area contributed by atoms with Crippen LogP contribution in [0, 0.1) is 0 Å². The molecule has 0 spiro atoms. The summed E-state index contributed by atoms with van der Waals surface area (Å²) in [6, 6.07) is 7.59. The monoisotopic (exact) mass is 521 g/mol. The van der Waals surface area contributed by atoms with E-state index < -0.39 is 64.3 Å². The Labute approximate surface area is 205 Å². The summed E-state index contributed by atoms with van der Waals surface area (Å²) >= 11 is 0. The van der Waals surface area contributed by atoms with E-state index in [0.717, 1.165) is 18.2 Å². The Balaban J connectivity index is 1.89. The van der Waals surface area contributed by atoms with Crippen molar-refractivity contribution in [2.24, 2.45) is 0 Å². The number of hydrogen-bond donors (Lipinski definition) is 5. The minimum absolute atomic E-state index is 0.0444. The highest BCUT2D eigenvalue weighted by atomic mass is 19.4. The van der Waals surface area contributed by atoms with E-state index in [0.29, 0.717) is 0 Å². The summed E-state index contributed by atoms with van der Waals surface area (Å²) in [5.41, 5.74) is 1.35. The average Bonchev–Trinajstić information content (AvgIpc) is 2.81. The molecule has 0 saturated carbocycles. The number of methoxy groups -OCH3 is 1. The second-order valence-electron chi connectivity index (χ2n) is 7.38. The van der Waals surface area contributed by atoms with Gasteiger partial charge in [0.05, 0.1) is 12.7 Å². The van der Waals surface area contributed by atoms with Gasteiger partial charge in [0.1, 0.15) is 16.9 Å². The van der Waals surface area contributed by atoms with E-state index in [-0.39, 0.29) is 22.7 Å². The van der Waals surface area contributed by atoms with Crippen molar-refractivity contribution >= 4 is 29.4 Å². The summed E-state index contributed by atoms with van der Waals surface area (Å²) in [7, 11) is 1.21. The highest BCUT2D eigenvalue weighted by Gasteiger charge is 2.30. The van der Waals surface area contributed by atoms with E-state index in [4.69, 9.17) is 15.2 Å². The number of hydrogen-bond acceptors (Lipinski definition) is 7. The third-order valence-corrected chi connectivity index (χ3v) is 4.96. The number of alkyl halides is 3. The Morgan fingerprint density at radius 1 is 1.03 bits per heavy atom. The standard InChI is InChI=1S/C23H18F3N3O8/c1-36-14-7-10(16-17(21(32)33)19(27)29-20(31)18(16)22(34)35)5-6-13(14)37-9-15(30)28-12-4-2-3-11(8-12)23(24,25)26/h2-8H,9H2,1H3,(H,28,30)(H,32,33)(H,34,35)(H3,27,29,31). The van der Waals surface area contributed by atoms with Crippen LogP contribution < -0.4 is 26.1 Å². The van der Waals surface area contributed by atoms with Gasteiger partial charge in [-0.1, -0.05) is 12.1 Å². The van der Waals surface area contributed by atoms with Crippen LogP contribution in [0.15, 0.2) is 47.3 Å². The number of aromatic nitrogens is 1. The van der Waals surface area contributed by atoms with Crippen LogP contribution >= 0.6 is 0 Å². The molecule has 0 fully saturated rings. The highest BCUT2D eigenvalue weighted by Crippen LogP contribution is 2.36.